The molecule has 1 amide bonds. The Kier molecular flexibility index (Phi) is 4.94. The van der Waals surface area contributed by atoms with Crippen molar-refractivity contribution in [1.29, 1.82) is 0 Å². The molecule has 6 nitrogen and oxygen atoms in total. The van der Waals surface area contributed by atoms with Crippen molar-refractivity contribution in [2.75, 3.05) is 13.7 Å². The minimum atomic E-state index is -1.31. The first-order valence-corrected chi connectivity index (χ1v) is 5.43. The summed E-state index contributed by atoms with van der Waals surface area (Å²) < 4.78 is 4.90. The van der Waals surface area contributed by atoms with Gasteiger partial charge >= 0.3 is 0 Å². The number of phenolic OH excluding ortho intramolecular Hbond substituents is 1. The zero-order valence-electron chi connectivity index (χ0n) is 10.3. The van der Waals surface area contributed by atoms with Gasteiger partial charge in [-0.3, -0.25) is 4.79 Å². The highest BCUT2D eigenvalue weighted by atomic mass is 16.5. The Morgan fingerprint density at radius 1 is 1.44 bits per heavy atom. The number of aliphatic hydroxyl groups is 2. The number of carbonyl (C=O) groups is 1. The molecule has 2 atom stereocenters. The summed E-state index contributed by atoms with van der Waals surface area (Å²) in [6.45, 7) is 1.20. The van der Waals surface area contributed by atoms with Crippen molar-refractivity contribution in [3.63, 3.8) is 0 Å². The van der Waals surface area contributed by atoms with Gasteiger partial charge in [-0.15, -0.1) is 0 Å². The molecular weight excluding hydrogens is 238 g/mol. The van der Waals surface area contributed by atoms with E-state index in [1.807, 2.05) is 0 Å². The molecule has 0 aliphatic carbocycles. The van der Waals surface area contributed by atoms with Gasteiger partial charge in [0.25, 0.3) is 0 Å². The number of ether oxygens (including phenoxy) is 1. The van der Waals surface area contributed by atoms with Gasteiger partial charge < -0.3 is 25.4 Å². The largest absolute Gasteiger partial charge is 0.504 e. The molecule has 100 valence electrons. The molecule has 1 rings (SSSR count). The minimum Gasteiger partial charge on any atom is -0.504 e. The molecule has 18 heavy (non-hydrogen) atoms. The Balaban J connectivity index is 2.83. The molecule has 0 fully saturated rings. The number of amides is 1. The molecule has 0 saturated carbocycles. The van der Waals surface area contributed by atoms with E-state index < -0.39 is 12.2 Å². The number of para-hydroxylation sites is 1. The SMILES string of the molecule is COc1cccc(C(O)C(O)CNC(C)=O)c1O. The molecule has 0 aromatic heterocycles. The van der Waals surface area contributed by atoms with Gasteiger partial charge in [0, 0.05) is 19.0 Å². The topological polar surface area (TPSA) is 99.0 Å². The van der Waals surface area contributed by atoms with Gasteiger partial charge in [0.2, 0.25) is 5.91 Å². The molecule has 0 saturated heterocycles. The first-order chi connectivity index (χ1) is 8.47. The number of aliphatic hydroxyl groups excluding tert-OH is 2. The highest BCUT2D eigenvalue weighted by Gasteiger charge is 2.23. The molecule has 0 heterocycles. The van der Waals surface area contributed by atoms with Gasteiger partial charge in [-0.05, 0) is 6.07 Å². The van der Waals surface area contributed by atoms with E-state index in [4.69, 9.17) is 4.74 Å². The van der Waals surface area contributed by atoms with Crippen LogP contribution in [0.3, 0.4) is 0 Å². The fourth-order valence-corrected chi connectivity index (χ4v) is 1.51. The van der Waals surface area contributed by atoms with Crippen molar-refractivity contribution in [1.82, 2.24) is 5.32 Å². The number of rotatable bonds is 5. The Morgan fingerprint density at radius 3 is 2.67 bits per heavy atom. The van der Waals surface area contributed by atoms with Gasteiger partial charge in [-0.1, -0.05) is 12.1 Å². The molecule has 0 spiro atoms. The van der Waals surface area contributed by atoms with Crippen LogP contribution in [0.5, 0.6) is 11.5 Å². The number of phenols is 1. The third kappa shape index (κ3) is 3.35. The van der Waals surface area contributed by atoms with Crippen molar-refractivity contribution in [2.24, 2.45) is 0 Å². The van der Waals surface area contributed by atoms with Gasteiger partial charge in [0.05, 0.1) is 7.11 Å². The van der Waals surface area contributed by atoms with Crippen LogP contribution in [0.25, 0.3) is 0 Å². The smallest absolute Gasteiger partial charge is 0.216 e. The molecule has 1 aromatic carbocycles. The first kappa shape index (κ1) is 14.3. The summed E-state index contributed by atoms with van der Waals surface area (Å²) in [4.78, 5) is 10.7. The second-order valence-electron chi connectivity index (χ2n) is 3.85. The summed E-state index contributed by atoms with van der Waals surface area (Å²) in [5, 5.41) is 31.8. The molecular formula is C12H17NO5. The molecule has 1 aromatic rings. The van der Waals surface area contributed by atoms with Crippen molar-refractivity contribution in [3.05, 3.63) is 23.8 Å². The van der Waals surface area contributed by atoms with Crippen molar-refractivity contribution in [3.8, 4) is 11.5 Å². The van der Waals surface area contributed by atoms with E-state index in [0.29, 0.717) is 0 Å². The van der Waals surface area contributed by atoms with Crippen LogP contribution < -0.4 is 10.1 Å². The van der Waals surface area contributed by atoms with Crippen LogP contribution >= 0.6 is 0 Å². The number of carbonyl (C=O) groups excluding carboxylic acids is 1. The molecule has 0 aliphatic rings. The number of hydrogen-bond acceptors (Lipinski definition) is 5. The zero-order chi connectivity index (χ0) is 13.7. The van der Waals surface area contributed by atoms with Gasteiger partial charge in [0.1, 0.15) is 12.2 Å². The second-order valence-corrected chi connectivity index (χ2v) is 3.85. The molecule has 4 N–H and O–H groups in total. The summed E-state index contributed by atoms with van der Waals surface area (Å²) >= 11 is 0. The van der Waals surface area contributed by atoms with Crippen LogP contribution in [0.15, 0.2) is 18.2 Å². The zero-order valence-corrected chi connectivity index (χ0v) is 10.3. The summed E-state index contributed by atoms with van der Waals surface area (Å²) in [7, 11) is 1.39. The van der Waals surface area contributed by atoms with Crippen LogP contribution in [0, 0.1) is 0 Å². The predicted molar refractivity (Wildman–Crippen MR) is 64.3 cm³/mol. The maximum Gasteiger partial charge on any atom is 0.216 e. The lowest BCUT2D eigenvalue weighted by Crippen LogP contribution is -2.34. The quantitative estimate of drug-likeness (QED) is 0.590. The van der Waals surface area contributed by atoms with E-state index in [1.54, 1.807) is 6.07 Å². The lowest BCUT2D eigenvalue weighted by molar-refractivity contribution is -0.119. The van der Waals surface area contributed by atoms with E-state index in [0.717, 1.165) is 0 Å². The maximum absolute atomic E-state index is 10.7. The third-order valence-corrected chi connectivity index (χ3v) is 2.49. The molecule has 6 heteroatoms. The summed E-state index contributed by atoms with van der Waals surface area (Å²) in [6.07, 6.45) is -2.53. The first-order valence-electron chi connectivity index (χ1n) is 5.43. The van der Waals surface area contributed by atoms with E-state index in [1.165, 1.54) is 26.2 Å². The van der Waals surface area contributed by atoms with Crippen LogP contribution in [0.4, 0.5) is 0 Å². The second kappa shape index (κ2) is 6.23. The van der Waals surface area contributed by atoms with Crippen molar-refractivity contribution in [2.45, 2.75) is 19.1 Å². The lowest BCUT2D eigenvalue weighted by atomic mass is 10.0. The number of hydrogen-bond donors (Lipinski definition) is 4. The number of benzene rings is 1. The lowest BCUT2D eigenvalue weighted by Gasteiger charge is -2.20. The fourth-order valence-electron chi connectivity index (χ4n) is 1.51. The van der Waals surface area contributed by atoms with E-state index in [9.17, 15) is 20.1 Å². The normalized spacial score (nSPS) is 13.8. The van der Waals surface area contributed by atoms with Gasteiger partial charge in [0.15, 0.2) is 11.5 Å². The minimum absolute atomic E-state index is 0.104. The predicted octanol–water partition coefficient (Wildman–Crippen LogP) is -0.0688. The maximum atomic E-state index is 10.7. The van der Waals surface area contributed by atoms with Crippen LogP contribution in [-0.4, -0.2) is 41.0 Å². The number of methoxy groups -OCH3 is 1. The van der Waals surface area contributed by atoms with Crippen LogP contribution in [0.1, 0.15) is 18.6 Å². The Bertz CT molecular complexity index is 421. The van der Waals surface area contributed by atoms with Crippen molar-refractivity contribution >= 4 is 5.91 Å². The molecule has 0 bridgehead atoms. The molecule has 0 radical (unpaired) electrons. The highest BCUT2D eigenvalue weighted by Crippen LogP contribution is 2.34. The van der Waals surface area contributed by atoms with Crippen molar-refractivity contribution < 1.29 is 24.9 Å². The van der Waals surface area contributed by atoms with Gasteiger partial charge in [-0.25, -0.2) is 0 Å². The average molecular weight is 255 g/mol. The fraction of sp³-hybridized carbons (Fsp3) is 0.417. The summed E-state index contributed by atoms with van der Waals surface area (Å²) in [5.74, 6) is -0.330. The third-order valence-electron chi connectivity index (χ3n) is 2.49. The van der Waals surface area contributed by atoms with Gasteiger partial charge in [-0.2, -0.15) is 0 Å². The Hall–Kier alpha value is -1.79. The molecule has 2 unspecified atom stereocenters. The molecule has 0 aliphatic heterocycles. The van der Waals surface area contributed by atoms with E-state index >= 15 is 0 Å². The average Bonchev–Trinajstić information content (AvgIpc) is 2.35. The van der Waals surface area contributed by atoms with Crippen LogP contribution in [0.2, 0.25) is 0 Å². The number of aromatic hydroxyl groups is 1. The Labute approximate surface area is 105 Å². The Morgan fingerprint density at radius 2 is 2.11 bits per heavy atom. The standard InChI is InChI=1S/C12H17NO5/c1-7(14)13-6-9(15)11(16)8-4-3-5-10(18-2)12(8)17/h3-5,9,11,15-17H,6H2,1-2H3,(H,13,14). The van der Waals surface area contributed by atoms with E-state index in [-0.39, 0.29) is 29.5 Å². The van der Waals surface area contributed by atoms with E-state index in [2.05, 4.69) is 5.32 Å². The highest BCUT2D eigenvalue weighted by molar-refractivity contribution is 5.72. The van der Waals surface area contributed by atoms with Crippen LogP contribution in [-0.2, 0) is 4.79 Å². The summed E-state index contributed by atoms with van der Waals surface area (Å²) in [5.41, 5.74) is 0.146. The summed E-state index contributed by atoms with van der Waals surface area (Å²) in [6, 6.07) is 4.59. The monoisotopic (exact) mass is 255 g/mol. The number of nitrogens with one attached hydrogen (secondary N) is 1.